The number of fused-ring (bicyclic) bond motifs is 2. The summed E-state index contributed by atoms with van der Waals surface area (Å²) in [6, 6.07) is 0. The second kappa shape index (κ2) is 12.4. The first kappa shape index (κ1) is 19.7. The van der Waals surface area contributed by atoms with E-state index in [1.807, 2.05) is 27.7 Å². The molecule has 20 heavy (non-hydrogen) atoms. The van der Waals surface area contributed by atoms with Crippen molar-refractivity contribution in [2.75, 3.05) is 13.2 Å². The fraction of sp³-hybridized carbons (Fsp3) is 0.895. The van der Waals surface area contributed by atoms with E-state index in [1.54, 1.807) is 11.1 Å². The normalized spacial score (nSPS) is 24.6. The van der Waals surface area contributed by atoms with Crippen LogP contribution in [0.2, 0.25) is 0 Å². The standard InChI is InChI=1S/C8H12.C7H14O.2C2H6/c1-6-2-3-7-4-8(6)5-7;1-7-3-2-5-8-6-4-7;2*1-2/h7H,2-5H2,1H3;7H,2-6H2,1H3;2*1-2H3. The van der Waals surface area contributed by atoms with Gasteiger partial charge in [0.1, 0.15) is 0 Å². The molecule has 0 aromatic heterocycles. The highest BCUT2D eigenvalue weighted by Gasteiger charge is 2.28. The van der Waals surface area contributed by atoms with Gasteiger partial charge in [-0.15, -0.1) is 0 Å². The Morgan fingerprint density at radius 3 is 2.00 bits per heavy atom. The molecule has 0 N–H and O–H groups in total. The van der Waals surface area contributed by atoms with Gasteiger partial charge in [-0.05, 0) is 63.7 Å². The van der Waals surface area contributed by atoms with Gasteiger partial charge in [0.25, 0.3) is 0 Å². The quantitative estimate of drug-likeness (QED) is 0.468. The van der Waals surface area contributed by atoms with Crippen molar-refractivity contribution in [3.8, 4) is 0 Å². The minimum Gasteiger partial charge on any atom is -0.381 e. The third kappa shape index (κ3) is 7.47. The van der Waals surface area contributed by atoms with Gasteiger partial charge in [0.2, 0.25) is 0 Å². The number of allylic oxidation sites excluding steroid dienone is 2. The average molecular weight is 283 g/mol. The summed E-state index contributed by atoms with van der Waals surface area (Å²) in [6.07, 6.45) is 9.67. The first-order chi connectivity index (χ1) is 9.75. The van der Waals surface area contributed by atoms with E-state index in [1.165, 1.54) is 44.9 Å². The molecular formula is C19H38O. The molecule has 1 nitrogen and oxygen atoms in total. The van der Waals surface area contributed by atoms with Crippen molar-refractivity contribution in [3.63, 3.8) is 0 Å². The fourth-order valence-corrected chi connectivity index (χ4v) is 2.85. The Morgan fingerprint density at radius 2 is 1.55 bits per heavy atom. The van der Waals surface area contributed by atoms with E-state index in [4.69, 9.17) is 4.74 Å². The van der Waals surface area contributed by atoms with Gasteiger partial charge >= 0.3 is 0 Å². The summed E-state index contributed by atoms with van der Waals surface area (Å²) < 4.78 is 5.26. The third-order valence-electron chi connectivity index (χ3n) is 4.34. The maximum atomic E-state index is 5.26. The number of ether oxygens (including phenoxy) is 1. The Bertz CT molecular complexity index is 233. The summed E-state index contributed by atoms with van der Waals surface area (Å²) in [6.45, 7) is 14.6. The van der Waals surface area contributed by atoms with Gasteiger partial charge in [-0.1, -0.05) is 45.8 Å². The van der Waals surface area contributed by atoms with Crippen LogP contribution in [0.15, 0.2) is 11.1 Å². The lowest BCUT2D eigenvalue weighted by atomic mass is 9.69. The molecule has 120 valence electrons. The molecule has 2 fully saturated rings. The van der Waals surface area contributed by atoms with Gasteiger partial charge in [-0.3, -0.25) is 0 Å². The van der Waals surface area contributed by atoms with Crippen molar-refractivity contribution < 1.29 is 4.74 Å². The van der Waals surface area contributed by atoms with Crippen LogP contribution in [0.4, 0.5) is 0 Å². The predicted molar refractivity (Wildman–Crippen MR) is 91.2 cm³/mol. The highest BCUT2D eigenvalue weighted by Crippen LogP contribution is 2.44. The molecule has 3 aliphatic carbocycles. The van der Waals surface area contributed by atoms with Gasteiger partial charge in [0.15, 0.2) is 0 Å². The van der Waals surface area contributed by atoms with E-state index < -0.39 is 0 Å². The van der Waals surface area contributed by atoms with Gasteiger partial charge in [-0.2, -0.15) is 0 Å². The molecule has 1 saturated heterocycles. The number of rotatable bonds is 0. The Kier molecular flexibility index (Phi) is 12.3. The molecule has 1 atom stereocenters. The first-order valence-corrected chi connectivity index (χ1v) is 9.01. The van der Waals surface area contributed by atoms with Crippen LogP contribution in [0.3, 0.4) is 0 Å². The molecule has 4 rings (SSSR count). The Morgan fingerprint density at radius 1 is 0.900 bits per heavy atom. The second-order valence-electron chi connectivity index (χ2n) is 5.85. The van der Waals surface area contributed by atoms with Gasteiger partial charge in [0, 0.05) is 13.2 Å². The third-order valence-corrected chi connectivity index (χ3v) is 4.34. The number of hydrogen-bond acceptors (Lipinski definition) is 1. The molecule has 4 aliphatic rings. The van der Waals surface area contributed by atoms with Crippen LogP contribution in [-0.2, 0) is 4.74 Å². The average Bonchev–Trinajstić information content (AvgIpc) is 2.71. The topological polar surface area (TPSA) is 9.23 Å². The molecule has 0 spiro atoms. The fourth-order valence-electron chi connectivity index (χ4n) is 2.85. The Balaban J connectivity index is 0.000000290. The zero-order chi connectivity index (χ0) is 15.4. The smallest absolute Gasteiger partial charge is 0.0468 e. The SMILES string of the molecule is CC.CC.CC1=C2CC(CC1)C2.CC1CCCOCC1. The second-order valence-corrected chi connectivity index (χ2v) is 5.85. The molecule has 1 heterocycles. The van der Waals surface area contributed by atoms with Crippen LogP contribution < -0.4 is 0 Å². The van der Waals surface area contributed by atoms with Crippen LogP contribution in [-0.4, -0.2) is 13.2 Å². The lowest BCUT2D eigenvalue weighted by molar-refractivity contribution is 0.142. The van der Waals surface area contributed by atoms with E-state index in [9.17, 15) is 0 Å². The van der Waals surface area contributed by atoms with E-state index in [0.717, 1.165) is 25.0 Å². The lowest BCUT2D eigenvalue weighted by Gasteiger charge is -2.36. The highest BCUT2D eigenvalue weighted by molar-refractivity contribution is 5.24. The summed E-state index contributed by atoms with van der Waals surface area (Å²) in [4.78, 5) is 0. The van der Waals surface area contributed by atoms with E-state index in [2.05, 4.69) is 13.8 Å². The van der Waals surface area contributed by atoms with Crippen molar-refractivity contribution in [2.24, 2.45) is 11.8 Å². The summed E-state index contributed by atoms with van der Waals surface area (Å²) in [5.74, 6) is 2.01. The summed E-state index contributed by atoms with van der Waals surface area (Å²) >= 11 is 0. The van der Waals surface area contributed by atoms with Crippen molar-refractivity contribution in [2.45, 2.75) is 86.5 Å². The van der Waals surface area contributed by atoms with E-state index in [-0.39, 0.29) is 0 Å². The van der Waals surface area contributed by atoms with Crippen molar-refractivity contribution in [3.05, 3.63) is 11.1 Å². The van der Waals surface area contributed by atoms with E-state index in [0.29, 0.717) is 0 Å². The summed E-state index contributed by atoms with van der Waals surface area (Å²) in [7, 11) is 0. The highest BCUT2D eigenvalue weighted by atomic mass is 16.5. The van der Waals surface area contributed by atoms with Crippen molar-refractivity contribution in [1.82, 2.24) is 0 Å². The largest absolute Gasteiger partial charge is 0.381 e. The maximum absolute atomic E-state index is 5.26. The molecule has 0 radical (unpaired) electrons. The molecule has 0 aromatic rings. The molecular weight excluding hydrogens is 244 g/mol. The first-order valence-electron chi connectivity index (χ1n) is 9.01. The molecule has 2 bridgehead atoms. The zero-order valence-corrected chi connectivity index (χ0v) is 14.9. The van der Waals surface area contributed by atoms with Crippen LogP contribution in [0.25, 0.3) is 0 Å². The molecule has 0 aromatic carbocycles. The summed E-state index contributed by atoms with van der Waals surface area (Å²) in [5.41, 5.74) is 3.48. The van der Waals surface area contributed by atoms with Gasteiger partial charge < -0.3 is 4.74 Å². The van der Waals surface area contributed by atoms with E-state index >= 15 is 0 Å². The number of hydrogen-bond donors (Lipinski definition) is 0. The van der Waals surface area contributed by atoms with Crippen LogP contribution in [0, 0.1) is 11.8 Å². The predicted octanol–water partition coefficient (Wildman–Crippen LogP) is 6.38. The molecule has 0 amide bonds. The zero-order valence-electron chi connectivity index (χ0n) is 14.9. The van der Waals surface area contributed by atoms with Crippen LogP contribution >= 0.6 is 0 Å². The molecule has 1 saturated carbocycles. The lowest BCUT2D eigenvalue weighted by Crippen LogP contribution is -2.20. The van der Waals surface area contributed by atoms with Crippen LogP contribution in [0.1, 0.15) is 86.5 Å². The van der Waals surface area contributed by atoms with Crippen molar-refractivity contribution in [1.29, 1.82) is 0 Å². The van der Waals surface area contributed by atoms with Gasteiger partial charge in [-0.25, -0.2) is 0 Å². The Hall–Kier alpha value is -0.300. The minimum atomic E-state index is 0.900. The van der Waals surface area contributed by atoms with Gasteiger partial charge in [0.05, 0.1) is 0 Å². The monoisotopic (exact) mass is 282 g/mol. The maximum Gasteiger partial charge on any atom is 0.0468 e. The Labute approximate surface area is 128 Å². The minimum absolute atomic E-state index is 0.900. The van der Waals surface area contributed by atoms with Crippen molar-refractivity contribution >= 4 is 0 Å². The molecule has 1 unspecified atom stereocenters. The molecule has 1 heteroatoms. The summed E-state index contributed by atoms with van der Waals surface area (Å²) in [5, 5.41) is 0. The van der Waals surface area contributed by atoms with Crippen LogP contribution in [0.5, 0.6) is 0 Å². The molecule has 1 aliphatic heterocycles.